The number of hydrogen-bond donors (Lipinski definition) is 1. The number of hydrogen-bond acceptors (Lipinski definition) is 3. The Balaban J connectivity index is 2.62. The molecule has 0 unspecified atom stereocenters. The maximum absolute atomic E-state index is 10.1. The van der Waals surface area contributed by atoms with Gasteiger partial charge in [-0.05, 0) is 32.0 Å². The Bertz CT molecular complexity index is 488. The predicted octanol–water partition coefficient (Wildman–Crippen LogP) is 2.26. The van der Waals surface area contributed by atoms with Crippen molar-refractivity contribution in [2.45, 2.75) is 19.4 Å². The number of rotatable bonds is 2. The van der Waals surface area contributed by atoms with E-state index in [9.17, 15) is 5.11 Å². The summed E-state index contributed by atoms with van der Waals surface area (Å²) in [4.78, 5) is 3.90. The van der Waals surface area contributed by atoms with Gasteiger partial charge in [0, 0.05) is 10.0 Å². The van der Waals surface area contributed by atoms with Crippen LogP contribution in [0.5, 0.6) is 0 Å². The summed E-state index contributed by atoms with van der Waals surface area (Å²) in [5.41, 5.74) is 0.700. The van der Waals surface area contributed by atoms with Crippen LogP contribution >= 0.6 is 15.9 Å². The summed E-state index contributed by atoms with van der Waals surface area (Å²) in [6.07, 6.45) is 3.08. The lowest BCUT2D eigenvalue weighted by molar-refractivity contribution is 0.0783. The van der Waals surface area contributed by atoms with Gasteiger partial charge in [-0.3, -0.25) is 0 Å². The number of benzene rings is 1. The highest BCUT2D eigenvalue weighted by Crippen LogP contribution is 2.28. The topological polar surface area (TPSA) is 50.9 Å². The molecule has 0 aliphatic heterocycles. The molecule has 2 rings (SSSR count). The molecule has 0 saturated carbocycles. The smallest absolute Gasteiger partial charge is 0.138 e. The summed E-state index contributed by atoms with van der Waals surface area (Å²) < 4.78 is 2.56. The summed E-state index contributed by atoms with van der Waals surface area (Å²) in [6, 6.07) is 5.69. The van der Waals surface area contributed by atoms with E-state index in [4.69, 9.17) is 0 Å². The van der Waals surface area contributed by atoms with Gasteiger partial charge in [0.1, 0.15) is 12.7 Å². The minimum absolute atomic E-state index is 0.798. The van der Waals surface area contributed by atoms with E-state index in [1.807, 2.05) is 18.2 Å². The van der Waals surface area contributed by atoms with Gasteiger partial charge in [-0.1, -0.05) is 15.9 Å². The monoisotopic (exact) mass is 281 g/mol. The van der Waals surface area contributed by atoms with Crippen LogP contribution in [0.4, 0.5) is 0 Å². The highest BCUT2D eigenvalue weighted by atomic mass is 79.9. The lowest BCUT2D eigenvalue weighted by atomic mass is 9.96. The Morgan fingerprint density at radius 3 is 2.69 bits per heavy atom. The van der Waals surface area contributed by atoms with Crippen molar-refractivity contribution in [1.82, 2.24) is 14.8 Å². The van der Waals surface area contributed by atoms with Gasteiger partial charge in [0.15, 0.2) is 0 Å². The Morgan fingerprint density at radius 2 is 2.12 bits per heavy atom. The number of halogens is 1. The fourth-order valence-electron chi connectivity index (χ4n) is 1.53. The van der Waals surface area contributed by atoms with Crippen molar-refractivity contribution in [2.75, 3.05) is 0 Å². The molecule has 0 spiro atoms. The van der Waals surface area contributed by atoms with Crippen LogP contribution in [0.2, 0.25) is 0 Å². The van der Waals surface area contributed by atoms with Crippen LogP contribution in [0.15, 0.2) is 35.3 Å². The van der Waals surface area contributed by atoms with Gasteiger partial charge in [0.2, 0.25) is 0 Å². The van der Waals surface area contributed by atoms with Crippen LogP contribution in [-0.4, -0.2) is 19.9 Å². The first-order valence-corrected chi connectivity index (χ1v) is 5.65. The molecule has 1 aromatic heterocycles. The minimum atomic E-state index is -0.926. The second kappa shape index (κ2) is 3.99. The fourth-order valence-corrected chi connectivity index (χ4v) is 1.89. The van der Waals surface area contributed by atoms with Gasteiger partial charge in [0.25, 0.3) is 0 Å². The molecule has 2 aromatic rings. The highest BCUT2D eigenvalue weighted by molar-refractivity contribution is 9.10. The molecule has 0 atom stereocenters. The Labute approximate surface area is 102 Å². The normalized spacial score (nSPS) is 11.8. The van der Waals surface area contributed by atoms with Gasteiger partial charge in [0.05, 0.1) is 11.3 Å². The first kappa shape index (κ1) is 11.3. The van der Waals surface area contributed by atoms with Crippen molar-refractivity contribution in [3.05, 3.63) is 40.9 Å². The van der Waals surface area contributed by atoms with E-state index in [1.165, 1.54) is 6.33 Å². The van der Waals surface area contributed by atoms with Crippen LogP contribution in [0, 0.1) is 0 Å². The first-order valence-electron chi connectivity index (χ1n) is 4.86. The summed E-state index contributed by atoms with van der Waals surface area (Å²) in [5.74, 6) is 0. The average molecular weight is 282 g/mol. The van der Waals surface area contributed by atoms with Crippen LogP contribution in [0.25, 0.3) is 5.69 Å². The SMILES string of the molecule is CC(C)(O)c1cc(Br)ccc1-n1cncn1. The minimum Gasteiger partial charge on any atom is -0.386 e. The molecule has 1 heterocycles. The first-order chi connectivity index (χ1) is 7.48. The number of aromatic nitrogens is 3. The molecule has 16 heavy (non-hydrogen) atoms. The zero-order valence-corrected chi connectivity index (χ0v) is 10.6. The van der Waals surface area contributed by atoms with Crippen molar-refractivity contribution in [3.63, 3.8) is 0 Å². The van der Waals surface area contributed by atoms with Gasteiger partial charge in [-0.2, -0.15) is 5.10 Å². The Hall–Kier alpha value is -1.20. The Kier molecular flexibility index (Phi) is 2.82. The lowest BCUT2D eigenvalue weighted by Gasteiger charge is -2.21. The Morgan fingerprint density at radius 1 is 1.38 bits per heavy atom. The zero-order valence-electron chi connectivity index (χ0n) is 9.05. The molecular formula is C11H12BrN3O. The number of aliphatic hydroxyl groups is 1. The van der Waals surface area contributed by atoms with Crippen LogP contribution in [0.3, 0.4) is 0 Å². The van der Waals surface area contributed by atoms with E-state index in [1.54, 1.807) is 24.9 Å². The third-order valence-electron chi connectivity index (χ3n) is 2.28. The van der Waals surface area contributed by atoms with E-state index in [-0.39, 0.29) is 0 Å². The highest BCUT2D eigenvalue weighted by Gasteiger charge is 2.21. The lowest BCUT2D eigenvalue weighted by Crippen LogP contribution is -2.19. The van der Waals surface area contributed by atoms with Crippen LogP contribution in [-0.2, 0) is 5.60 Å². The quantitative estimate of drug-likeness (QED) is 0.919. The molecule has 0 aliphatic carbocycles. The molecule has 0 saturated heterocycles. The summed E-state index contributed by atoms with van der Waals surface area (Å²) in [6.45, 7) is 3.49. The largest absolute Gasteiger partial charge is 0.386 e. The van der Waals surface area contributed by atoms with Crippen molar-refractivity contribution >= 4 is 15.9 Å². The third kappa shape index (κ3) is 2.15. The summed E-state index contributed by atoms with van der Waals surface area (Å²) >= 11 is 3.40. The van der Waals surface area contributed by atoms with Crippen molar-refractivity contribution in [2.24, 2.45) is 0 Å². The van der Waals surface area contributed by atoms with E-state index in [2.05, 4.69) is 26.0 Å². The molecule has 0 amide bonds. The van der Waals surface area contributed by atoms with E-state index in [0.29, 0.717) is 0 Å². The average Bonchev–Trinajstić information content (AvgIpc) is 2.69. The maximum Gasteiger partial charge on any atom is 0.138 e. The molecule has 1 N–H and O–H groups in total. The molecule has 0 radical (unpaired) electrons. The van der Waals surface area contributed by atoms with Crippen LogP contribution < -0.4 is 0 Å². The van der Waals surface area contributed by atoms with E-state index >= 15 is 0 Å². The maximum atomic E-state index is 10.1. The van der Waals surface area contributed by atoms with Gasteiger partial charge in [-0.15, -0.1) is 0 Å². The zero-order chi connectivity index (χ0) is 11.8. The van der Waals surface area contributed by atoms with Gasteiger partial charge in [-0.25, -0.2) is 9.67 Å². The standard InChI is InChI=1S/C11H12BrN3O/c1-11(2,16)9-5-8(12)3-4-10(9)15-7-13-6-14-15/h3-7,16H,1-2H3. The van der Waals surface area contributed by atoms with E-state index < -0.39 is 5.60 Å². The second-order valence-corrected chi connectivity index (χ2v) is 4.98. The molecule has 84 valence electrons. The fraction of sp³-hybridized carbons (Fsp3) is 0.273. The predicted molar refractivity (Wildman–Crippen MR) is 64.3 cm³/mol. The molecule has 5 heteroatoms. The van der Waals surface area contributed by atoms with Crippen molar-refractivity contribution in [1.29, 1.82) is 0 Å². The van der Waals surface area contributed by atoms with Crippen molar-refractivity contribution < 1.29 is 5.11 Å². The molecule has 0 fully saturated rings. The molecule has 4 nitrogen and oxygen atoms in total. The molecular weight excluding hydrogens is 270 g/mol. The molecule has 1 aromatic carbocycles. The van der Waals surface area contributed by atoms with Crippen LogP contribution in [0.1, 0.15) is 19.4 Å². The number of nitrogens with zero attached hydrogens (tertiary/aromatic N) is 3. The molecule has 0 bridgehead atoms. The molecule has 0 aliphatic rings. The summed E-state index contributed by atoms with van der Waals surface area (Å²) in [7, 11) is 0. The van der Waals surface area contributed by atoms with Crippen molar-refractivity contribution in [3.8, 4) is 5.69 Å². The third-order valence-corrected chi connectivity index (χ3v) is 2.78. The van der Waals surface area contributed by atoms with Gasteiger partial charge < -0.3 is 5.11 Å². The van der Waals surface area contributed by atoms with Gasteiger partial charge >= 0.3 is 0 Å². The van der Waals surface area contributed by atoms with E-state index in [0.717, 1.165) is 15.7 Å². The second-order valence-electron chi connectivity index (χ2n) is 4.06. The summed E-state index contributed by atoms with van der Waals surface area (Å²) in [5, 5.41) is 14.2.